The van der Waals surface area contributed by atoms with Gasteiger partial charge in [0, 0.05) is 25.9 Å². The summed E-state index contributed by atoms with van der Waals surface area (Å²) in [5.41, 5.74) is -2.08. The topological polar surface area (TPSA) is 63.2 Å². The van der Waals surface area contributed by atoms with Crippen molar-refractivity contribution in [3.8, 4) is 24.7 Å². The first kappa shape index (κ1) is 31.4. The maximum atomic E-state index is 12.2. The smallest absolute Gasteiger partial charge is 0.331 e. The van der Waals surface area contributed by atoms with Gasteiger partial charge in [-0.25, -0.2) is 0 Å². The number of rotatable bonds is 4. The molecule has 12 heteroatoms. The Hall–Kier alpha value is -3.57. The van der Waals surface area contributed by atoms with Gasteiger partial charge in [0.2, 0.25) is 0 Å². The summed E-state index contributed by atoms with van der Waals surface area (Å²) in [4.78, 5) is 29.5. The van der Waals surface area contributed by atoms with Crippen molar-refractivity contribution in [3.05, 3.63) is 59.2 Å². The number of pyridine rings is 2. The molecule has 0 aromatic carbocycles. The lowest BCUT2D eigenvalue weighted by atomic mass is 10.2. The summed E-state index contributed by atoms with van der Waals surface area (Å²) in [5, 5.41) is -0.832. The van der Waals surface area contributed by atoms with Crippen LogP contribution in [-0.2, 0) is 12.4 Å². The Morgan fingerprint density at radius 2 is 1.37 bits per heavy atom. The molecule has 0 aliphatic carbocycles. The Bertz CT molecular complexity index is 1040. The molecule has 0 aliphatic rings. The van der Waals surface area contributed by atoms with E-state index >= 15 is 0 Å². The average Bonchev–Trinajstić information content (AvgIpc) is 2.79. The highest BCUT2D eigenvalue weighted by Crippen LogP contribution is 2.28. The van der Waals surface area contributed by atoms with Crippen LogP contribution >= 0.6 is 11.6 Å². The minimum Gasteiger partial charge on any atom is -0.331 e. The van der Waals surface area contributed by atoms with Gasteiger partial charge in [0.05, 0.1) is 17.7 Å². The number of alkyl halides is 6. The van der Waals surface area contributed by atoms with E-state index < -0.39 is 34.9 Å². The summed E-state index contributed by atoms with van der Waals surface area (Å²) in [6.07, 6.45) is 4.61. The number of terminal acetylenes is 2. The van der Waals surface area contributed by atoms with Crippen molar-refractivity contribution in [1.29, 1.82) is 0 Å². The van der Waals surface area contributed by atoms with Crippen LogP contribution in [0.2, 0.25) is 0 Å². The second kappa shape index (κ2) is 14.6. The molecular formula is C23H20ClF6N3O2. The minimum absolute atomic E-state index is 0.0605. The summed E-state index contributed by atoms with van der Waals surface area (Å²) in [7, 11) is 1.46. The summed E-state index contributed by atoms with van der Waals surface area (Å²) in [5.74, 6) is 4.31. The van der Waals surface area contributed by atoms with E-state index in [9.17, 15) is 35.9 Å². The molecule has 0 saturated carbocycles. The molecule has 188 valence electrons. The van der Waals surface area contributed by atoms with Crippen LogP contribution in [0.4, 0.5) is 26.3 Å². The molecule has 0 saturated heterocycles. The Kier molecular flexibility index (Phi) is 13.1. The third-order valence-corrected chi connectivity index (χ3v) is 3.87. The number of halogens is 7. The zero-order valence-corrected chi connectivity index (χ0v) is 19.3. The van der Waals surface area contributed by atoms with E-state index in [0.717, 1.165) is 43.4 Å². The molecule has 1 amide bonds. The number of carbonyl (C=O) groups excluding carboxylic acids is 2. The fourth-order valence-corrected chi connectivity index (χ4v) is 2.05. The summed E-state index contributed by atoms with van der Waals surface area (Å²) >= 11 is 5.01. The molecule has 2 heterocycles. The summed E-state index contributed by atoms with van der Waals surface area (Å²) in [6.45, 7) is 2.15. The highest BCUT2D eigenvalue weighted by molar-refractivity contribution is 6.67. The van der Waals surface area contributed by atoms with Crippen LogP contribution in [0.15, 0.2) is 36.7 Å². The number of carbonyl (C=O) groups is 2. The largest absolute Gasteiger partial charge is 0.433 e. The fraction of sp³-hybridized carbons (Fsp3) is 0.304. The van der Waals surface area contributed by atoms with Crippen molar-refractivity contribution in [3.63, 3.8) is 0 Å². The van der Waals surface area contributed by atoms with Crippen LogP contribution in [-0.4, -0.2) is 39.6 Å². The highest BCUT2D eigenvalue weighted by Gasteiger charge is 2.33. The molecule has 0 spiro atoms. The van der Waals surface area contributed by atoms with Gasteiger partial charge < -0.3 is 4.90 Å². The molecule has 0 unspecified atom stereocenters. The first-order valence-corrected chi connectivity index (χ1v) is 9.95. The van der Waals surface area contributed by atoms with Crippen molar-refractivity contribution in [1.82, 2.24) is 14.9 Å². The average molecular weight is 520 g/mol. The molecule has 0 bridgehead atoms. The molecule has 2 aromatic rings. The molecule has 0 radical (unpaired) electrons. The molecule has 2 aromatic heterocycles. The third kappa shape index (κ3) is 11.9. The quantitative estimate of drug-likeness (QED) is 0.295. The van der Waals surface area contributed by atoms with Gasteiger partial charge in [-0.1, -0.05) is 12.8 Å². The van der Waals surface area contributed by atoms with E-state index in [0.29, 0.717) is 6.07 Å². The van der Waals surface area contributed by atoms with Gasteiger partial charge in [-0.05, 0) is 42.3 Å². The standard InChI is InChI=1S/C11H9F3N2O.C7H3ClF3NO.C5H8/c1-3-6-16(2)10(17)8-4-5-9(15-7-8)11(12,13)14;8-6(13)4-1-2-5(12-3-4)7(9,10)11;1-3-5-4-2/h1,4-5,7H,6H2,2H3;1-3H;1H,4-5H2,2H3. The molecule has 5 nitrogen and oxygen atoms in total. The highest BCUT2D eigenvalue weighted by atomic mass is 35.5. The Balaban J connectivity index is 0.000000567. The minimum atomic E-state index is -4.51. The van der Waals surface area contributed by atoms with Gasteiger partial charge in [-0.3, -0.25) is 19.6 Å². The molecule has 0 fully saturated rings. The van der Waals surface area contributed by atoms with Crippen LogP contribution in [0.5, 0.6) is 0 Å². The van der Waals surface area contributed by atoms with E-state index in [1.54, 1.807) is 0 Å². The van der Waals surface area contributed by atoms with Crippen LogP contribution < -0.4 is 0 Å². The molecule has 2 rings (SSSR count). The van der Waals surface area contributed by atoms with E-state index in [2.05, 4.69) is 28.7 Å². The first-order chi connectivity index (χ1) is 16.2. The Labute approximate surface area is 203 Å². The second-order valence-electron chi connectivity index (χ2n) is 6.45. The number of aromatic nitrogens is 2. The lowest BCUT2D eigenvalue weighted by Gasteiger charge is -2.13. The van der Waals surface area contributed by atoms with Gasteiger partial charge in [0.15, 0.2) is 0 Å². The molecule has 0 aliphatic heterocycles. The second-order valence-corrected chi connectivity index (χ2v) is 6.80. The summed E-state index contributed by atoms with van der Waals surface area (Å²) in [6, 6.07) is 3.52. The van der Waals surface area contributed by atoms with Crippen LogP contribution in [0.3, 0.4) is 0 Å². The zero-order chi connectivity index (χ0) is 27.2. The lowest BCUT2D eigenvalue weighted by Crippen LogP contribution is -2.27. The third-order valence-electron chi connectivity index (χ3n) is 3.65. The lowest BCUT2D eigenvalue weighted by molar-refractivity contribution is -0.142. The van der Waals surface area contributed by atoms with Crippen LogP contribution in [0.1, 0.15) is 51.9 Å². The van der Waals surface area contributed by atoms with Crippen molar-refractivity contribution in [2.75, 3.05) is 13.6 Å². The maximum absolute atomic E-state index is 12.2. The van der Waals surface area contributed by atoms with Crippen molar-refractivity contribution < 1.29 is 35.9 Å². The number of nitrogens with zero attached hydrogens (tertiary/aromatic N) is 3. The Morgan fingerprint density at radius 3 is 1.63 bits per heavy atom. The fourth-order valence-electron chi connectivity index (χ4n) is 1.94. The SMILES string of the molecule is C#CCCC.C#CCN(C)C(=O)c1ccc(C(F)(F)F)nc1.O=C(Cl)c1ccc(C(F)(F)F)nc1. The predicted octanol–water partition coefficient (Wildman–Crippen LogP) is 5.70. The normalized spacial score (nSPS) is 10.4. The van der Waals surface area contributed by atoms with E-state index in [4.69, 9.17) is 24.4 Å². The van der Waals surface area contributed by atoms with Crippen molar-refractivity contribution in [2.45, 2.75) is 32.1 Å². The summed E-state index contributed by atoms with van der Waals surface area (Å²) < 4.78 is 72.5. The molecule has 0 atom stereocenters. The monoisotopic (exact) mass is 519 g/mol. The van der Waals surface area contributed by atoms with Crippen LogP contribution in [0.25, 0.3) is 0 Å². The maximum Gasteiger partial charge on any atom is 0.433 e. The van der Waals surface area contributed by atoms with Gasteiger partial charge >= 0.3 is 12.4 Å². The number of hydrogen-bond donors (Lipinski definition) is 0. The van der Waals surface area contributed by atoms with E-state index in [-0.39, 0.29) is 17.7 Å². The number of unbranched alkanes of at least 4 members (excludes halogenated alkanes) is 1. The molecule has 35 heavy (non-hydrogen) atoms. The van der Waals surface area contributed by atoms with E-state index in [1.807, 2.05) is 0 Å². The van der Waals surface area contributed by atoms with Gasteiger partial charge in [-0.2, -0.15) is 26.3 Å². The molecular weight excluding hydrogens is 500 g/mol. The van der Waals surface area contributed by atoms with Gasteiger partial charge in [0.25, 0.3) is 11.1 Å². The number of hydrogen-bond acceptors (Lipinski definition) is 4. The van der Waals surface area contributed by atoms with Crippen LogP contribution in [0, 0.1) is 24.7 Å². The van der Waals surface area contributed by atoms with Crippen molar-refractivity contribution in [2.24, 2.45) is 0 Å². The molecule has 0 N–H and O–H groups in total. The predicted molar refractivity (Wildman–Crippen MR) is 118 cm³/mol. The van der Waals surface area contributed by atoms with E-state index in [1.165, 1.54) is 11.9 Å². The van der Waals surface area contributed by atoms with Gasteiger partial charge in [-0.15, -0.1) is 18.8 Å². The van der Waals surface area contributed by atoms with Crippen molar-refractivity contribution >= 4 is 22.8 Å². The first-order valence-electron chi connectivity index (χ1n) is 9.57. The number of amides is 1. The zero-order valence-electron chi connectivity index (χ0n) is 18.5. The van der Waals surface area contributed by atoms with Gasteiger partial charge in [0.1, 0.15) is 11.4 Å². The Morgan fingerprint density at radius 1 is 0.914 bits per heavy atom.